The van der Waals surface area contributed by atoms with Gasteiger partial charge in [-0.3, -0.25) is 14.1 Å². The molecule has 2 N–H and O–H groups in total. The lowest BCUT2D eigenvalue weighted by atomic mass is 10.2. The number of hydrogen-bond acceptors (Lipinski definition) is 6. The molecule has 0 aromatic heterocycles. The van der Waals surface area contributed by atoms with Gasteiger partial charge >= 0.3 is 19.8 Å². The van der Waals surface area contributed by atoms with Crippen LogP contribution >= 0.6 is 7.82 Å². The van der Waals surface area contributed by atoms with E-state index in [-0.39, 0.29) is 19.4 Å². The van der Waals surface area contributed by atoms with Gasteiger partial charge in [0, 0.05) is 0 Å². The number of rotatable bonds is 15. The first-order chi connectivity index (χ1) is 13.3. The van der Waals surface area contributed by atoms with Gasteiger partial charge in [0.15, 0.2) is 6.10 Å². The van der Waals surface area contributed by atoms with Gasteiger partial charge in [-0.1, -0.05) is 56.2 Å². The number of allylic oxidation sites excluding steroid dienone is 4. The molecule has 0 spiro atoms. The Labute approximate surface area is 166 Å². The summed E-state index contributed by atoms with van der Waals surface area (Å²) in [6.45, 7) is 3.02. The first-order valence-corrected chi connectivity index (χ1v) is 10.8. The standard InChI is InChI=1S/C19H31O8P/c1-3-5-7-9-11-13-18(20)25-15-17(16-26-28(22,23)24)27-19(21)14-12-10-8-6-4-2/h3,5,9-12,17H,4,6-8,13-16H2,1-2H3,(H2,22,23,24)/t17-/m1/s1. The van der Waals surface area contributed by atoms with Crippen LogP contribution < -0.4 is 0 Å². The topological polar surface area (TPSA) is 119 Å². The molecule has 0 saturated heterocycles. The van der Waals surface area contributed by atoms with E-state index < -0.39 is 32.5 Å². The number of phosphoric ester groups is 1. The second-order valence-electron chi connectivity index (χ2n) is 5.88. The largest absolute Gasteiger partial charge is 0.469 e. The summed E-state index contributed by atoms with van der Waals surface area (Å²) in [6.07, 6.45) is 13.4. The van der Waals surface area contributed by atoms with Crippen LogP contribution in [0.15, 0.2) is 36.5 Å². The lowest BCUT2D eigenvalue weighted by molar-refractivity contribution is -0.160. The molecule has 0 aliphatic heterocycles. The third-order valence-electron chi connectivity index (χ3n) is 3.29. The maximum absolute atomic E-state index is 11.8. The van der Waals surface area contributed by atoms with Crippen LogP contribution in [0.1, 0.15) is 52.4 Å². The average Bonchev–Trinajstić information content (AvgIpc) is 2.63. The average molecular weight is 418 g/mol. The van der Waals surface area contributed by atoms with E-state index in [9.17, 15) is 14.2 Å². The van der Waals surface area contributed by atoms with Crippen LogP contribution in [0.3, 0.4) is 0 Å². The van der Waals surface area contributed by atoms with E-state index >= 15 is 0 Å². The summed E-state index contributed by atoms with van der Waals surface area (Å²) in [6, 6.07) is 0. The molecule has 0 rings (SSSR count). The summed E-state index contributed by atoms with van der Waals surface area (Å²) in [5.41, 5.74) is 0. The quantitative estimate of drug-likeness (QED) is 0.179. The van der Waals surface area contributed by atoms with Crippen molar-refractivity contribution in [3.8, 4) is 0 Å². The van der Waals surface area contributed by atoms with Crippen LogP contribution in [0.4, 0.5) is 0 Å². The van der Waals surface area contributed by atoms with Crippen LogP contribution in [0.25, 0.3) is 0 Å². The Morgan fingerprint density at radius 3 is 2.32 bits per heavy atom. The lowest BCUT2D eigenvalue weighted by Gasteiger charge is -2.18. The smallest absolute Gasteiger partial charge is 0.461 e. The molecule has 0 aromatic rings. The summed E-state index contributed by atoms with van der Waals surface area (Å²) in [5.74, 6) is -1.15. The number of carbonyl (C=O) groups is 2. The zero-order chi connectivity index (χ0) is 21.3. The maximum atomic E-state index is 11.8. The normalized spacial score (nSPS) is 13.4. The van der Waals surface area contributed by atoms with Gasteiger partial charge in [0.25, 0.3) is 0 Å². The van der Waals surface area contributed by atoms with E-state index in [0.717, 1.165) is 19.3 Å². The van der Waals surface area contributed by atoms with Crippen molar-refractivity contribution in [1.29, 1.82) is 0 Å². The van der Waals surface area contributed by atoms with E-state index in [1.807, 2.05) is 25.2 Å². The van der Waals surface area contributed by atoms with Crippen LogP contribution in [0.2, 0.25) is 0 Å². The van der Waals surface area contributed by atoms with E-state index in [2.05, 4.69) is 11.4 Å². The highest BCUT2D eigenvalue weighted by molar-refractivity contribution is 7.46. The molecular formula is C19H31O8P. The first kappa shape index (κ1) is 26.3. The molecule has 0 heterocycles. The fourth-order valence-corrected chi connectivity index (χ4v) is 2.25. The van der Waals surface area contributed by atoms with Crippen molar-refractivity contribution in [2.45, 2.75) is 58.5 Å². The predicted molar refractivity (Wildman–Crippen MR) is 105 cm³/mol. The number of unbranched alkanes of at least 4 members (excludes halogenated alkanes) is 2. The van der Waals surface area contributed by atoms with Crippen molar-refractivity contribution < 1.29 is 37.9 Å². The molecule has 9 heteroatoms. The molecule has 0 fully saturated rings. The molecule has 0 aliphatic rings. The SMILES string of the molecule is CC=CCC=CCC(=O)OC[C@H](COP(=O)(O)O)OC(=O)CC=CCCCC. The highest BCUT2D eigenvalue weighted by atomic mass is 31.2. The minimum atomic E-state index is -4.74. The fourth-order valence-electron chi connectivity index (χ4n) is 1.89. The highest BCUT2D eigenvalue weighted by Crippen LogP contribution is 2.35. The van der Waals surface area contributed by atoms with Gasteiger partial charge in [0.2, 0.25) is 0 Å². The molecule has 0 unspecified atom stereocenters. The van der Waals surface area contributed by atoms with Gasteiger partial charge in [-0.25, -0.2) is 4.57 Å². The number of ether oxygens (including phenoxy) is 2. The second-order valence-corrected chi connectivity index (χ2v) is 7.12. The van der Waals surface area contributed by atoms with E-state index in [4.69, 9.17) is 19.3 Å². The van der Waals surface area contributed by atoms with Crippen LogP contribution in [-0.2, 0) is 28.2 Å². The van der Waals surface area contributed by atoms with Crippen molar-refractivity contribution in [1.82, 2.24) is 0 Å². The first-order valence-electron chi connectivity index (χ1n) is 9.24. The Balaban J connectivity index is 4.48. The zero-order valence-corrected chi connectivity index (χ0v) is 17.4. The number of phosphoric acid groups is 1. The fraction of sp³-hybridized carbons (Fsp3) is 0.579. The monoisotopic (exact) mass is 418 g/mol. The number of esters is 2. The maximum Gasteiger partial charge on any atom is 0.469 e. The van der Waals surface area contributed by atoms with Gasteiger partial charge in [-0.15, -0.1) is 0 Å². The van der Waals surface area contributed by atoms with Crippen LogP contribution in [0, 0.1) is 0 Å². The summed E-state index contributed by atoms with van der Waals surface area (Å²) in [5, 5.41) is 0. The molecule has 0 saturated carbocycles. The van der Waals surface area contributed by atoms with E-state index in [1.165, 1.54) is 0 Å². The summed E-state index contributed by atoms with van der Waals surface area (Å²) < 4.78 is 25.3. The molecular weight excluding hydrogens is 387 g/mol. The molecule has 8 nitrogen and oxygen atoms in total. The lowest BCUT2D eigenvalue weighted by Crippen LogP contribution is -2.29. The van der Waals surface area contributed by atoms with Crippen molar-refractivity contribution in [2.75, 3.05) is 13.2 Å². The third-order valence-corrected chi connectivity index (χ3v) is 3.78. The van der Waals surface area contributed by atoms with Crippen molar-refractivity contribution in [3.05, 3.63) is 36.5 Å². The summed E-state index contributed by atoms with van der Waals surface area (Å²) in [7, 11) is -4.74. The van der Waals surface area contributed by atoms with Crippen molar-refractivity contribution in [3.63, 3.8) is 0 Å². The molecule has 0 aliphatic carbocycles. The molecule has 0 bridgehead atoms. The molecule has 160 valence electrons. The molecule has 0 aromatic carbocycles. The predicted octanol–water partition coefficient (Wildman–Crippen LogP) is 3.60. The summed E-state index contributed by atoms with van der Waals surface area (Å²) in [4.78, 5) is 41.2. The number of carbonyl (C=O) groups excluding carboxylic acids is 2. The Bertz CT molecular complexity index is 576. The molecule has 1 atom stereocenters. The molecule has 28 heavy (non-hydrogen) atoms. The Morgan fingerprint density at radius 1 is 1.00 bits per heavy atom. The highest BCUT2D eigenvalue weighted by Gasteiger charge is 2.22. The van der Waals surface area contributed by atoms with E-state index in [0.29, 0.717) is 6.42 Å². The van der Waals surface area contributed by atoms with E-state index in [1.54, 1.807) is 18.2 Å². The Morgan fingerprint density at radius 2 is 1.68 bits per heavy atom. The van der Waals surface area contributed by atoms with Gasteiger partial charge < -0.3 is 19.3 Å². The zero-order valence-electron chi connectivity index (χ0n) is 16.5. The molecule has 0 radical (unpaired) electrons. The van der Waals surface area contributed by atoms with Crippen molar-refractivity contribution >= 4 is 19.8 Å². The second kappa shape index (κ2) is 16.2. The minimum Gasteiger partial charge on any atom is -0.461 e. The van der Waals surface area contributed by atoms with Gasteiger partial charge in [-0.05, 0) is 19.8 Å². The van der Waals surface area contributed by atoms with Crippen LogP contribution in [0.5, 0.6) is 0 Å². The third kappa shape index (κ3) is 17.7. The van der Waals surface area contributed by atoms with Gasteiger partial charge in [-0.2, -0.15) is 0 Å². The van der Waals surface area contributed by atoms with Gasteiger partial charge in [0.1, 0.15) is 6.61 Å². The Kier molecular flexibility index (Phi) is 15.2. The Hall–Kier alpha value is -1.73. The minimum absolute atomic E-state index is 0.0117. The van der Waals surface area contributed by atoms with Crippen molar-refractivity contribution in [2.24, 2.45) is 0 Å². The molecule has 0 amide bonds. The number of hydrogen-bond donors (Lipinski definition) is 2. The van der Waals surface area contributed by atoms with Gasteiger partial charge in [0.05, 0.1) is 19.4 Å². The van der Waals surface area contributed by atoms with Crippen LogP contribution in [-0.4, -0.2) is 41.0 Å². The summed E-state index contributed by atoms with van der Waals surface area (Å²) >= 11 is 0.